The van der Waals surface area contributed by atoms with E-state index < -0.39 is 0 Å². The van der Waals surface area contributed by atoms with Gasteiger partial charge in [0.2, 0.25) is 0 Å². The zero-order chi connectivity index (χ0) is 21.4. The van der Waals surface area contributed by atoms with Crippen LogP contribution in [0, 0.1) is 13.8 Å². The van der Waals surface area contributed by atoms with Crippen molar-refractivity contribution in [3.05, 3.63) is 66.0 Å². The molecule has 2 aromatic rings. The smallest absolute Gasteiger partial charge is 0.145 e. The molecule has 2 atom stereocenters. The van der Waals surface area contributed by atoms with Crippen molar-refractivity contribution < 1.29 is 4.74 Å². The van der Waals surface area contributed by atoms with Gasteiger partial charge in [0.25, 0.3) is 0 Å². The van der Waals surface area contributed by atoms with Gasteiger partial charge in [0.05, 0.1) is 19.8 Å². The van der Waals surface area contributed by atoms with Crippen molar-refractivity contribution in [3.8, 4) is 0 Å². The minimum atomic E-state index is -0.0503. The van der Waals surface area contributed by atoms with E-state index in [4.69, 9.17) is 9.73 Å². The van der Waals surface area contributed by atoms with Crippen LogP contribution in [0.15, 0.2) is 34.2 Å². The summed E-state index contributed by atoms with van der Waals surface area (Å²) in [7, 11) is 1.72. The van der Waals surface area contributed by atoms with Crippen LogP contribution in [0.1, 0.15) is 66.7 Å². The maximum atomic E-state index is 5.59. The van der Waals surface area contributed by atoms with E-state index in [-0.39, 0.29) is 12.1 Å². The number of nitrogens with zero attached hydrogens (tertiary/aromatic N) is 2. The highest BCUT2D eigenvalue weighted by atomic mass is 32.1. The Labute approximate surface area is 191 Å². The van der Waals surface area contributed by atoms with Crippen LogP contribution in [0.25, 0.3) is 0 Å². The van der Waals surface area contributed by atoms with E-state index in [1.165, 1.54) is 56.3 Å². The molecule has 31 heavy (non-hydrogen) atoms. The van der Waals surface area contributed by atoms with Gasteiger partial charge in [-0.3, -0.25) is 9.98 Å². The second kappa shape index (κ2) is 8.63. The van der Waals surface area contributed by atoms with Crippen LogP contribution < -0.4 is 10.6 Å². The Bertz CT molecular complexity index is 1090. The van der Waals surface area contributed by atoms with Crippen molar-refractivity contribution in [2.75, 3.05) is 7.11 Å². The summed E-state index contributed by atoms with van der Waals surface area (Å²) in [6.07, 6.45) is 15.6. The van der Waals surface area contributed by atoms with E-state index >= 15 is 0 Å². The molecule has 1 aliphatic carbocycles. The number of thiophene rings is 2. The molecule has 0 fully saturated rings. The van der Waals surface area contributed by atoms with Crippen LogP contribution in [0.5, 0.6) is 0 Å². The normalized spacial score (nSPS) is 22.0. The molecular formula is C24H28N4OS2. The van der Waals surface area contributed by atoms with E-state index in [1.807, 2.05) is 41.4 Å². The van der Waals surface area contributed by atoms with Gasteiger partial charge in [0, 0.05) is 38.3 Å². The zero-order valence-corrected chi connectivity index (χ0v) is 19.8. The first-order chi connectivity index (χ1) is 15.2. The van der Waals surface area contributed by atoms with Gasteiger partial charge < -0.3 is 15.4 Å². The number of methoxy groups -OCH3 is 1. The first-order valence-electron chi connectivity index (χ1n) is 10.9. The standard InChI is InChI=1S/C24H28N4OS2/c1-14-15(2)23(22-19(29-3)11-26-13-28-22)30-20(14)10-21-16-6-4-5-7-17(16)24(31-21)18-8-9-25-12-27-18/h8-9,11-13,18,22H,4-7,10H2,1-3H3,(H,25,27)(H,26,28). The summed E-state index contributed by atoms with van der Waals surface area (Å²) in [5.41, 5.74) is 5.89. The van der Waals surface area contributed by atoms with E-state index in [9.17, 15) is 0 Å². The molecule has 0 amide bonds. The van der Waals surface area contributed by atoms with Crippen molar-refractivity contribution in [1.29, 1.82) is 0 Å². The minimum absolute atomic E-state index is 0.0503. The summed E-state index contributed by atoms with van der Waals surface area (Å²) in [6, 6.07) is 0.109. The molecule has 0 radical (unpaired) electrons. The topological polar surface area (TPSA) is 58.0 Å². The number of rotatable bonds is 5. The number of nitrogens with one attached hydrogen (secondary N) is 2. The molecule has 0 spiro atoms. The molecule has 0 saturated heterocycles. The molecule has 0 saturated carbocycles. The Hall–Kier alpha value is -2.38. The van der Waals surface area contributed by atoms with E-state index in [0.29, 0.717) is 0 Å². The van der Waals surface area contributed by atoms with Crippen LogP contribution in [-0.4, -0.2) is 19.8 Å². The van der Waals surface area contributed by atoms with Gasteiger partial charge in [-0.15, -0.1) is 22.7 Å². The van der Waals surface area contributed by atoms with Gasteiger partial charge in [-0.25, -0.2) is 0 Å². The molecule has 2 aromatic heterocycles. The molecule has 5 rings (SSSR count). The molecule has 2 N–H and O–H groups in total. The Morgan fingerprint density at radius 1 is 0.968 bits per heavy atom. The molecule has 5 nitrogen and oxygen atoms in total. The molecule has 7 heteroatoms. The Morgan fingerprint density at radius 3 is 2.52 bits per heavy atom. The minimum Gasteiger partial charge on any atom is -0.497 e. The van der Waals surface area contributed by atoms with Gasteiger partial charge in [0.15, 0.2) is 0 Å². The third kappa shape index (κ3) is 3.74. The van der Waals surface area contributed by atoms with Gasteiger partial charge >= 0.3 is 0 Å². The monoisotopic (exact) mass is 452 g/mol. The fraction of sp³-hybridized carbons (Fsp3) is 0.417. The van der Waals surface area contributed by atoms with Crippen LogP contribution in [0.4, 0.5) is 0 Å². The van der Waals surface area contributed by atoms with Gasteiger partial charge in [-0.1, -0.05) is 0 Å². The lowest BCUT2D eigenvalue weighted by Crippen LogP contribution is -2.15. The largest absolute Gasteiger partial charge is 0.497 e. The summed E-state index contributed by atoms with van der Waals surface area (Å²) in [4.78, 5) is 15.1. The number of ether oxygens (including phenoxy) is 1. The Kier molecular flexibility index (Phi) is 5.71. The molecule has 4 heterocycles. The van der Waals surface area contributed by atoms with Gasteiger partial charge in [-0.2, -0.15) is 0 Å². The van der Waals surface area contributed by atoms with Crippen LogP contribution in [-0.2, 0) is 24.0 Å². The Balaban J connectivity index is 1.50. The lowest BCUT2D eigenvalue weighted by Gasteiger charge is -2.18. The zero-order valence-electron chi connectivity index (χ0n) is 18.2. The van der Waals surface area contributed by atoms with Crippen LogP contribution in [0.2, 0.25) is 0 Å². The summed E-state index contributed by atoms with van der Waals surface area (Å²) >= 11 is 3.87. The molecule has 2 aliphatic heterocycles. The van der Waals surface area contributed by atoms with Crippen molar-refractivity contribution >= 4 is 35.4 Å². The number of hydrogen-bond donors (Lipinski definition) is 2. The van der Waals surface area contributed by atoms with Crippen LogP contribution in [0.3, 0.4) is 0 Å². The third-order valence-electron chi connectivity index (χ3n) is 6.47. The van der Waals surface area contributed by atoms with Crippen molar-refractivity contribution in [2.45, 2.75) is 58.0 Å². The number of fused-ring (bicyclic) bond motifs is 1. The molecule has 2 unspecified atom stereocenters. The summed E-state index contributed by atoms with van der Waals surface area (Å²) < 4.78 is 5.59. The lowest BCUT2D eigenvalue weighted by atomic mass is 9.90. The average molecular weight is 453 g/mol. The second-order valence-corrected chi connectivity index (χ2v) is 10.5. The first-order valence-corrected chi connectivity index (χ1v) is 12.5. The van der Waals surface area contributed by atoms with E-state index in [2.05, 4.69) is 35.5 Å². The summed E-state index contributed by atoms with van der Waals surface area (Å²) in [6.45, 7) is 4.48. The number of hydrogen-bond acceptors (Lipinski definition) is 7. The predicted molar refractivity (Wildman–Crippen MR) is 131 cm³/mol. The van der Waals surface area contributed by atoms with Crippen molar-refractivity contribution in [3.63, 3.8) is 0 Å². The van der Waals surface area contributed by atoms with E-state index in [0.717, 1.165) is 12.2 Å². The molecule has 162 valence electrons. The highest BCUT2D eigenvalue weighted by Crippen LogP contribution is 2.44. The fourth-order valence-electron chi connectivity index (χ4n) is 4.65. The average Bonchev–Trinajstić information content (AvgIpc) is 3.33. The third-order valence-corrected chi connectivity index (χ3v) is 9.26. The maximum Gasteiger partial charge on any atom is 0.145 e. The Morgan fingerprint density at radius 2 is 1.74 bits per heavy atom. The molecule has 0 aromatic carbocycles. The van der Waals surface area contributed by atoms with Crippen LogP contribution >= 0.6 is 22.7 Å². The maximum absolute atomic E-state index is 5.59. The van der Waals surface area contributed by atoms with Crippen molar-refractivity contribution in [1.82, 2.24) is 10.6 Å². The summed E-state index contributed by atoms with van der Waals surface area (Å²) in [5.74, 6) is 0.866. The SMILES string of the molecule is COC1=CNC=NC1c1sc(Cc2sc(C3C=CNC=N3)c3c2CCCC3)c(C)c1C. The lowest BCUT2D eigenvalue weighted by molar-refractivity contribution is 0.263. The highest BCUT2D eigenvalue weighted by Gasteiger charge is 2.28. The van der Waals surface area contributed by atoms with Gasteiger partial charge in [-0.05, 0) is 67.9 Å². The summed E-state index contributed by atoms with van der Waals surface area (Å²) in [5, 5.41) is 6.11. The highest BCUT2D eigenvalue weighted by molar-refractivity contribution is 7.14. The first kappa shape index (κ1) is 20.5. The number of aliphatic imine (C=N–C) groups is 2. The quantitative estimate of drug-likeness (QED) is 0.652. The van der Waals surface area contributed by atoms with Gasteiger partial charge in [0.1, 0.15) is 17.8 Å². The van der Waals surface area contributed by atoms with Crippen molar-refractivity contribution in [2.24, 2.45) is 9.98 Å². The van der Waals surface area contributed by atoms with E-state index in [1.54, 1.807) is 24.6 Å². The molecule has 3 aliphatic rings. The molecular weight excluding hydrogens is 424 g/mol. The predicted octanol–water partition coefficient (Wildman–Crippen LogP) is 5.24. The molecule has 0 bridgehead atoms. The second-order valence-electron chi connectivity index (χ2n) is 8.22. The fourth-order valence-corrected chi connectivity index (χ4v) is 7.57.